The number of rotatable bonds is 4. The van der Waals surface area contributed by atoms with Crippen LogP contribution in [0.2, 0.25) is 0 Å². The normalized spacial score (nSPS) is 10.1. The summed E-state index contributed by atoms with van der Waals surface area (Å²) in [5.41, 5.74) is 5.77. The van der Waals surface area contributed by atoms with Crippen molar-refractivity contribution in [3.05, 3.63) is 30.1 Å². The number of nitrogens with two attached hydrogens (primary N) is 1. The summed E-state index contributed by atoms with van der Waals surface area (Å²) in [6, 6.07) is 5.26. The van der Waals surface area contributed by atoms with Gasteiger partial charge in [-0.3, -0.25) is 0 Å². The zero-order valence-corrected chi connectivity index (χ0v) is 10.4. The largest absolute Gasteiger partial charge is 0.481 e. The third kappa shape index (κ3) is 3.01. The van der Waals surface area contributed by atoms with Crippen LogP contribution in [0.3, 0.4) is 0 Å². The molecule has 2 aromatic rings. The number of aromatic nitrogens is 2. The van der Waals surface area contributed by atoms with Crippen molar-refractivity contribution in [3.8, 4) is 23.5 Å². The van der Waals surface area contributed by atoms with Crippen LogP contribution < -0.4 is 19.9 Å². The number of nitrogen functional groups attached to an aromatic ring is 1. The monoisotopic (exact) mass is 265 g/mol. The lowest BCUT2D eigenvalue weighted by Gasteiger charge is -2.09. The molecule has 100 valence electrons. The molecule has 2 rings (SSSR count). The van der Waals surface area contributed by atoms with Crippen LogP contribution in [0.5, 0.6) is 23.5 Å². The Bertz CT molecular complexity index is 570. The molecule has 2 N–H and O–H groups in total. The van der Waals surface area contributed by atoms with Crippen LogP contribution in [0, 0.1) is 5.82 Å². The molecular formula is C12H12FN3O3. The van der Waals surface area contributed by atoms with Gasteiger partial charge in [-0.15, -0.1) is 0 Å². The Hall–Kier alpha value is -2.57. The summed E-state index contributed by atoms with van der Waals surface area (Å²) in [6.07, 6.45) is 0. The number of anilines is 1. The summed E-state index contributed by atoms with van der Waals surface area (Å²) in [6.45, 7) is 0. The molecule has 0 aliphatic carbocycles. The molecule has 0 aliphatic heterocycles. The van der Waals surface area contributed by atoms with Crippen LogP contribution in [0.15, 0.2) is 24.3 Å². The quantitative estimate of drug-likeness (QED) is 0.852. The molecule has 19 heavy (non-hydrogen) atoms. The van der Waals surface area contributed by atoms with Gasteiger partial charge < -0.3 is 19.9 Å². The minimum Gasteiger partial charge on any atom is -0.481 e. The molecule has 1 heterocycles. The molecule has 0 fully saturated rings. The first-order valence-electron chi connectivity index (χ1n) is 5.32. The van der Waals surface area contributed by atoms with E-state index >= 15 is 0 Å². The predicted molar refractivity (Wildman–Crippen MR) is 66.0 cm³/mol. The second-order valence-corrected chi connectivity index (χ2v) is 3.52. The number of benzene rings is 1. The van der Waals surface area contributed by atoms with E-state index in [1.54, 1.807) is 0 Å². The summed E-state index contributed by atoms with van der Waals surface area (Å²) >= 11 is 0. The van der Waals surface area contributed by atoms with Crippen LogP contribution in [0.1, 0.15) is 0 Å². The van der Waals surface area contributed by atoms with Gasteiger partial charge in [0, 0.05) is 6.07 Å². The second kappa shape index (κ2) is 5.38. The highest BCUT2D eigenvalue weighted by Crippen LogP contribution is 2.28. The maximum Gasteiger partial charge on any atom is 0.328 e. The van der Waals surface area contributed by atoms with Crippen LogP contribution in [-0.4, -0.2) is 24.2 Å². The fraction of sp³-hybridized carbons (Fsp3) is 0.167. The summed E-state index contributed by atoms with van der Waals surface area (Å²) in [5.74, 6) is 0.357. The van der Waals surface area contributed by atoms with E-state index in [1.165, 1.54) is 32.4 Å². The predicted octanol–water partition coefficient (Wildman–Crippen LogP) is 2.01. The summed E-state index contributed by atoms with van der Waals surface area (Å²) in [5, 5.41) is 0. The van der Waals surface area contributed by atoms with E-state index in [1.807, 2.05) is 0 Å². The van der Waals surface area contributed by atoms with Crippen molar-refractivity contribution >= 4 is 5.69 Å². The van der Waals surface area contributed by atoms with E-state index in [0.29, 0.717) is 0 Å². The van der Waals surface area contributed by atoms with Gasteiger partial charge in [-0.1, -0.05) is 0 Å². The van der Waals surface area contributed by atoms with Gasteiger partial charge in [-0.05, 0) is 12.1 Å². The van der Waals surface area contributed by atoms with E-state index in [9.17, 15) is 4.39 Å². The Kier molecular flexibility index (Phi) is 3.65. The standard InChI is InChI=1S/C12H12FN3O3/c1-17-10-6-11(18-2)16-12(15-10)19-9-4-3-7(13)5-8(9)14/h3-6H,14H2,1-2H3. The third-order valence-electron chi connectivity index (χ3n) is 2.25. The van der Waals surface area contributed by atoms with Crippen molar-refractivity contribution < 1.29 is 18.6 Å². The molecule has 1 aromatic heterocycles. The fourth-order valence-electron chi connectivity index (χ4n) is 1.35. The van der Waals surface area contributed by atoms with E-state index in [2.05, 4.69) is 9.97 Å². The van der Waals surface area contributed by atoms with Gasteiger partial charge in [-0.2, -0.15) is 9.97 Å². The Morgan fingerprint density at radius 3 is 2.21 bits per heavy atom. The zero-order chi connectivity index (χ0) is 13.8. The minimum atomic E-state index is -0.450. The topological polar surface area (TPSA) is 79.5 Å². The number of hydrogen-bond acceptors (Lipinski definition) is 6. The number of hydrogen-bond donors (Lipinski definition) is 1. The van der Waals surface area contributed by atoms with Crippen molar-refractivity contribution in [2.75, 3.05) is 20.0 Å². The van der Waals surface area contributed by atoms with Crippen molar-refractivity contribution in [2.45, 2.75) is 0 Å². The number of methoxy groups -OCH3 is 2. The molecule has 6 nitrogen and oxygen atoms in total. The van der Waals surface area contributed by atoms with E-state index in [-0.39, 0.29) is 29.2 Å². The van der Waals surface area contributed by atoms with Crippen LogP contribution >= 0.6 is 0 Å². The maximum atomic E-state index is 12.9. The van der Waals surface area contributed by atoms with Gasteiger partial charge in [0.05, 0.1) is 26.0 Å². The Morgan fingerprint density at radius 2 is 1.68 bits per heavy atom. The highest BCUT2D eigenvalue weighted by Gasteiger charge is 2.10. The molecule has 0 radical (unpaired) electrons. The lowest BCUT2D eigenvalue weighted by atomic mass is 10.3. The first-order chi connectivity index (χ1) is 9.12. The molecule has 0 spiro atoms. The maximum absolute atomic E-state index is 12.9. The van der Waals surface area contributed by atoms with Gasteiger partial charge in [-0.25, -0.2) is 4.39 Å². The first-order valence-corrected chi connectivity index (χ1v) is 5.32. The Balaban J connectivity index is 2.31. The fourth-order valence-corrected chi connectivity index (χ4v) is 1.35. The van der Waals surface area contributed by atoms with Gasteiger partial charge >= 0.3 is 6.01 Å². The molecule has 0 saturated heterocycles. The third-order valence-corrected chi connectivity index (χ3v) is 2.25. The summed E-state index contributed by atoms with van der Waals surface area (Å²) < 4.78 is 28.3. The van der Waals surface area contributed by atoms with Crippen molar-refractivity contribution in [2.24, 2.45) is 0 Å². The van der Waals surface area contributed by atoms with Gasteiger partial charge in [0.25, 0.3) is 0 Å². The van der Waals surface area contributed by atoms with Crippen molar-refractivity contribution in [3.63, 3.8) is 0 Å². The smallest absolute Gasteiger partial charge is 0.328 e. The second-order valence-electron chi connectivity index (χ2n) is 3.52. The van der Waals surface area contributed by atoms with Crippen LogP contribution in [0.4, 0.5) is 10.1 Å². The summed E-state index contributed by atoms with van der Waals surface area (Å²) in [4.78, 5) is 7.95. The lowest BCUT2D eigenvalue weighted by Crippen LogP contribution is -1.99. The van der Waals surface area contributed by atoms with E-state index in [4.69, 9.17) is 19.9 Å². The average Bonchev–Trinajstić information content (AvgIpc) is 2.41. The van der Waals surface area contributed by atoms with Gasteiger partial charge in [0.1, 0.15) is 5.82 Å². The van der Waals surface area contributed by atoms with Crippen molar-refractivity contribution in [1.82, 2.24) is 9.97 Å². The van der Waals surface area contributed by atoms with Gasteiger partial charge in [0.15, 0.2) is 5.75 Å². The minimum absolute atomic E-state index is 0.00509. The molecular weight excluding hydrogens is 253 g/mol. The van der Waals surface area contributed by atoms with E-state index in [0.717, 1.165) is 6.07 Å². The Morgan fingerprint density at radius 1 is 1.05 bits per heavy atom. The SMILES string of the molecule is COc1cc(OC)nc(Oc2ccc(F)cc2N)n1. The van der Waals surface area contributed by atoms with Crippen molar-refractivity contribution in [1.29, 1.82) is 0 Å². The lowest BCUT2D eigenvalue weighted by molar-refractivity contribution is 0.348. The molecule has 0 atom stereocenters. The van der Waals surface area contributed by atoms with Gasteiger partial charge in [0.2, 0.25) is 11.8 Å². The summed E-state index contributed by atoms with van der Waals surface area (Å²) in [7, 11) is 2.91. The molecule has 0 unspecified atom stereocenters. The number of halogens is 1. The number of nitrogens with zero attached hydrogens (tertiary/aromatic N) is 2. The highest BCUT2D eigenvalue weighted by atomic mass is 19.1. The average molecular weight is 265 g/mol. The first kappa shape index (κ1) is 12.9. The number of ether oxygens (including phenoxy) is 3. The Labute approximate surface area is 109 Å². The molecule has 0 amide bonds. The molecule has 7 heteroatoms. The molecule has 0 saturated carbocycles. The molecule has 0 aliphatic rings. The van der Waals surface area contributed by atoms with E-state index < -0.39 is 5.82 Å². The van der Waals surface area contributed by atoms with Crippen LogP contribution in [-0.2, 0) is 0 Å². The van der Waals surface area contributed by atoms with Crippen LogP contribution in [0.25, 0.3) is 0 Å². The highest BCUT2D eigenvalue weighted by molar-refractivity contribution is 5.53. The molecule has 1 aromatic carbocycles. The zero-order valence-electron chi connectivity index (χ0n) is 10.4. The molecule has 0 bridgehead atoms.